The first-order valence-corrected chi connectivity index (χ1v) is 13.4. The minimum atomic E-state index is -3.11. The van der Waals surface area contributed by atoms with Crippen molar-refractivity contribution < 1.29 is 4.79 Å². The van der Waals surface area contributed by atoms with Gasteiger partial charge in [0.15, 0.2) is 0 Å². The van der Waals surface area contributed by atoms with Crippen molar-refractivity contribution in [1.29, 1.82) is 0 Å². The van der Waals surface area contributed by atoms with Gasteiger partial charge in [0.2, 0.25) is 0 Å². The molecule has 0 radical (unpaired) electrons. The molecule has 0 spiro atoms. The quantitative estimate of drug-likeness (QED) is 0.457. The van der Waals surface area contributed by atoms with Crippen LogP contribution in [-0.4, -0.2) is 19.0 Å². The Balaban J connectivity index is 2.30. The Hall–Kier alpha value is -2.39. The van der Waals surface area contributed by atoms with Crippen molar-refractivity contribution >= 4 is 32.2 Å². The van der Waals surface area contributed by atoms with Gasteiger partial charge in [-0.15, -0.1) is 0 Å². The molecular formula is C24H24GeO. The van der Waals surface area contributed by atoms with Crippen LogP contribution in [-0.2, 0) is 4.79 Å². The number of ketones is 1. The maximum absolute atomic E-state index is 12.4. The molecule has 0 aliphatic heterocycles. The van der Waals surface area contributed by atoms with Gasteiger partial charge < -0.3 is 0 Å². The van der Waals surface area contributed by atoms with Crippen LogP contribution < -0.4 is 13.2 Å². The van der Waals surface area contributed by atoms with Crippen LogP contribution in [0, 0.1) is 5.92 Å². The number of carbonyl (C=O) groups is 1. The molecule has 2 heteroatoms. The fourth-order valence-corrected chi connectivity index (χ4v) is 12.0. The molecule has 0 atom stereocenters. The van der Waals surface area contributed by atoms with Crippen LogP contribution in [0.25, 0.3) is 0 Å². The molecule has 0 saturated heterocycles. The zero-order valence-corrected chi connectivity index (χ0v) is 17.4. The standard InChI is InChI=1S/C24H24GeO/c1-20(2)24(26)18-19-25(21-12-6-3-7-13-21,22-14-8-4-9-15-22)23-16-10-5-11-17-23/h3-20H,1-2H3/b19-18+. The first kappa shape index (κ1) is 18.4. The van der Waals surface area contributed by atoms with Crippen LogP contribution >= 0.6 is 0 Å². The second-order valence-electron chi connectivity index (χ2n) is 6.80. The number of hydrogen-bond acceptors (Lipinski definition) is 1. The van der Waals surface area contributed by atoms with E-state index in [4.69, 9.17) is 0 Å². The summed E-state index contributed by atoms with van der Waals surface area (Å²) in [5.74, 6) is 0.191. The molecule has 0 amide bonds. The van der Waals surface area contributed by atoms with Crippen LogP contribution in [0.5, 0.6) is 0 Å². The van der Waals surface area contributed by atoms with Gasteiger partial charge in [0.05, 0.1) is 0 Å². The van der Waals surface area contributed by atoms with Crippen molar-refractivity contribution in [2.75, 3.05) is 0 Å². The summed E-state index contributed by atoms with van der Waals surface area (Å²) in [6, 6.07) is 32.0. The average molecular weight is 401 g/mol. The van der Waals surface area contributed by atoms with E-state index in [1.807, 2.05) is 19.9 Å². The van der Waals surface area contributed by atoms with Crippen molar-refractivity contribution in [3.8, 4) is 0 Å². The first-order chi connectivity index (χ1) is 12.6. The molecule has 0 saturated carbocycles. The van der Waals surface area contributed by atoms with Crippen LogP contribution in [0.3, 0.4) is 0 Å². The van der Waals surface area contributed by atoms with Gasteiger partial charge in [0.25, 0.3) is 0 Å². The van der Waals surface area contributed by atoms with Crippen molar-refractivity contribution in [1.82, 2.24) is 0 Å². The Morgan fingerprint density at radius 3 is 1.35 bits per heavy atom. The fourth-order valence-electron chi connectivity index (χ4n) is 3.29. The molecule has 3 rings (SSSR count). The van der Waals surface area contributed by atoms with Gasteiger partial charge in [-0.05, 0) is 0 Å². The Morgan fingerprint density at radius 1 is 0.692 bits per heavy atom. The van der Waals surface area contributed by atoms with Crippen molar-refractivity contribution in [2.24, 2.45) is 5.92 Å². The molecule has 0 aliphatic carbocycles. The maximum atomic E-state index is 12.4. The molecule has 0 heterocycles. The first-order valence-electron chi connectivity index (χ1n) is 9.04. The van der Waals surface area contributed by atoms with Crippen LogP contribution in [0.4, 0.5) is 0 Å². The molecule has 0 unspecified atom stereocenters. The van der Waals surface area contributed by atoms with Crippen LogP contribution in [0.1, 0.15) is 13.8 Å². The van der Waals surface area contributed by atoms with E-state index in [-0.39, 0.29) is 11.7 Å². The van der Waals surface area contributed by atoms with E-state index in [0.717, 1.165) is 0 Å². The predicted molar refractivity (Wildman–Crippen MR) is 113 cm³/mol. The third kappa shape index (κ3) is 3.73. The van der Waals surface area contributed by atoms with E-state index in [2.05, 4.69) is 95.9 Å². The van der Waals surface area contributed by atoms with E-state index in [1.165, 1.54) is 13.2 Å². The van der Waals surface area contributed by atoms with Crippen LogP contribution in [0.2, 0.25) is 0 Å². The fraction of sp³-hybridized carbons (Fsp3) is 0.125. The third-order valence-electron chi connectivity index (χ3n) is 4.75. The molecule has 0 fully saturated rings. The monoisotopic (exact) mass is 402 g/mol. The summed E-state index contributed by atoms with van der Waals surface area (Å²) in [5, 5.41) is 0. The zero-order valence-electron chi connectivity index (χ0n) is 15.3. The summed E-state index contributed by atoms with van der Waals surface area (Å²) in [6.45, 7) is 3.91. The van der Waals surface area contributed by atoms with Gasteiger partial charge in [-0.25, -0.2) is 0 Å². The summed E-state index contributed by atoms with van der Waals surface area (Å²) in [4.78, 5) is 14.7. The van der Waals surface area contributed by atoms with Gasteiger partial charge in [-0.2, -0.15) is 0 Å². The predicted octanol–water partition coefficient (Wildman–Crippen LogP) is 3.48. The number of hydrogen-bond donors (Lipinski definition) is 0. The summed E-state index contributed by atoms with van der Waals surface area (Å²) in [5.41, 5.74) is 0. The molecule has 0 N–H and O–H groups in total. The van der Waals surface area contributed by atoms with E-state index in [0.29, 0.717) is 0 Å². The molecule has 0 aliphatic rings. The molecule has 0 bridgehead atoms. The summed E-state index contributed by atoms with van der Waals surface area (Å²) in [7, 11) is 0. The number of benzene rings is 3. The Labute approximate surface area is 158 Å². The van der Waals surface area contributed by atoms with E-state index in [9.17, 15) is 4.79 Å². The second-order valence-corrected chi connectivity index (χ2v) is 14.5. The topological polar surface area (TPSA) is 17.1 Å². The van der Waals surface area contributed by atoms with Gasteiger partial charge in [0, 0.05) is 0 Å². The molecular weight excluding hydrogens is 377 g/mol. The SMILES string of the molecule is CC(C)C(=O)/C=[CH]/[Ge]([c]1ccccc1)([c]1ccccc1)[c]1ccccc1. The average Bonchev–Trinajstić information content (AvgIpc) is 2.70. The van der Waals surface area contributed by atoms with Gasteiger partial charge in [-0.1, -0.05) is 0 Å². The summed E-state index contributed by atoms with van der Waals surface area (Å²) in [6.07, 6.45) is 1.83. The second kappa shape index (κ2) is 8.33. The van der Waals surface area contributed by atoms with Crippen molar-refractivity contribution in [2.45, 2.75) is 13.8 Å². The Morgan fingerprint density at radius 2 is 1.04 bits per heavy atom. The zero-order chi connectivity index (χ0) is 18.4. The van der Waals surface area contributed by atoms with Crippen molar-refractivity contribution in [3.63, 3.8) is 0 Å². The Kier molecular flexibility index (Phi) is 5.90. The molecule has 26 heavy (non-hydrogen) atoms. The summed E-state index contributed by atoms with van der Waals surface area (Å²) < 4.78 is 3.99. The number of rotatable bonds is 6. The molecule has 130 valence electrons. The summed E-state index contributed by atoms with van der Waals surface area (Å²) >= 11 is -3.11. The number of carbonyl (C=O) groups excluding carboxylic acids is 1. The molecule has 0 aromatic heterocycles. The van der Waals surface area contributed by atoms with Crippen molar-refractivity contribution in [3.05, 3.63) is 102 Å². The molecule has 3 aromatic carbocycles. The van der Waals surface area contributed by atoms with E-state index < -0.39 is 13.3 Å². The molecule has 3 aromatic rings. The number of allylic oxidation sites excluding steroid dienone is 1. The molecule has 1 nitrogen and oxygen atoms in total. The van der Waals surface area contributed by atoms with Gasteiger partial charge in [-0.3, -0.25) is 0 Å². The van der Waals surface area contributed by atoms with Gasteiger partial charge in [0.1, 0.15) is 0 Å². The Bertz CT molecular complexity index is 771. The third-order valence-corrected chi connectivity index (χ3v) is 14.0. The van der Waals surface area contributed by atoms with Crippen LogP contribution in [0.15, 0.2) is 102 Å². The normalized spacial score (nSPS) is 11.8. The minimum absolute atomic E-state index is 0.00803. The van der Waals surface area contributed by atoms with E-state index >= 15 is 0 Å². The van der Waals surface area contributed by atoms with E-state index in [1.54, 1.807) is 0 Å². The van der Waals surface area contributed by atoms with Gasteiger partial charge >= 0.3 is 159 Å².